The Kier molecular flexibility index (Phi) is 2.81. The number of anilines is 1. The molecule has 0 saturated heterocycles. The second-order valence-corrected chi connectivity index (χ2v) is 4.46. The van der Waals surface area contributed by atoms with Gasteiger partial charge in [-0.15, -0.1) is 0 Å². The van der Waals surface area contributed by atoms with E-state index in [1.807, 2.05) is 13.1 Å². The van der Waals surface area contributed by atoms with E-state index in [9.17, 15) is 0 Å². The van der Waals surface area contributed by atoms with Crippen molar-refractivity contribution >= 4 is 17.3 Å². The fourth-order valence-corrected chi connectivity index (χ4v) is 1.58. The number of halogens is 1. The third kappa shape index (κ3) is 2.34. The zero-order chi connectivity index (χ0) is 10.1. The molecule has 1 heterocycles. The molecule has 0 aliphatic rings. The van der Waals surface area contributed by atoms with Gasteiger partial charge in [0.05, 0.1) is 22.6 Å². The van der Waals surface area contributed by atoms with E-state index in [0.717, 1.165) is 16.4 Å². The summed E-state index contributed by atoms with van der Waals surface area (Å²) in [5, 5.41) is 3.72. The van der Waals surface area contributed by atoms with Crippen molar-refractivity contribution < 1.29 is 0 Å². The molecule has 2 nitrogen and oxygen atoms in total. The third-order valence-corrected chi connectivity index (χ3v) is 2.13. The molecule has 13 heavy (non-hydrogen) atoms. The van der Waals surface area contributed by atoms with Gasteiger partial charge in [-0.2, -0.15) is 0 Å². The van der Waals surface area contributed by atoms with Crippen molar-refractivity contribution in [1.82, 2.24) is 4.98 Å². The van der Waals surface area contributed by atoms with Crippen molar-refractivity contribution in [3.63, 3.8) is 0 Å². The highest BCUT2D eigenvalue weighted by Gasteiger charge is 2.18. The molecule has 0 aromatic carbocycles. The van der Waals surface area contributed by atoms with Crippen LogP contribution in [0, 0.1) is 0 Å². The molecule has 1 aromatic heterocycles. The number of nitrogens with zero attached hydrogens (tertiary/aromatic N) is 1. The first-order chi connectivity index (χ1) is 5.95. The molecule has 0 radical (unpaired) electrons. The zero-order valence-electron chi connectivity index (χ0n) is 8.48. The number of pyridine rings is 1. The van der Waals surface area contributed by atoms with Gasteiger partial charge in [0.2, 0.25) is 0 Å². The first kappa shape index (κ1) is 10.3. The standard InChI is InChI=1S/C10H15ClN2/c1-10(2,3)9-8(11)5-7(12-4)6-13-9/h5-6,12H,1-4H3. The van der Waals surface area contributed by atoms with Crippen LogP contribution in [0.25, 0.3) is 0 Å². The first-order valence-corrected chi connectivity index (χ1v) is 4.66. The molecule has 0 spiro atoms. The summed E-state index contributed by atoms with van der Waals surface area (Å²) in [6, 6.07) is 1.90. The maximum Gasteiger partial charge on any atom is 0.0647 e. The van der Waals surface area contributed by atoms with E-state index in [1.165, 1.54) is 0 Å². The van der Waals surface area contributed by atoms with Crippen LogP contribution in [0.5, 0.6) is 0 Å². The van der Waals surface area contributed by atoms with Crippen LogP contribution < -0.4 is 5.32 Å². The average Bonchev–Trinajstić information content (AvgIpc) is 2.01. The highest BCUT2D eigenvalue weighted by Crippen LogP contribution is 2.28. The summed E-state index contributed by atoms with van der Waals surface area (Å²) < 4.78 is 0. The summed E-state index contributed by atoms with van der Waals surface area (Å²) in [4.78, 5) is 4.33. The van der Waals surface area contributed by atoms with Gasteiger partial charge in [-0.25, -0.2) is 0 Å². The fraction of sp³-hybridized carbons (Fsp3) is 0.500. The van der Waals surface area contributed by atoms with Crippen LogP contribution in [-0.4, -0.2) is 12.0 Å². The predicted octanol–water partition coefficient (Wildman–Crippen LogP) is 3.07. The Morgan fingerprint density at radius 3 is 2.38 bits per heavy atom. The Morgan fingerprint density at radius 1 is 1.38 bits per heavy atom. The van der Waals surface area contributed by atoms with Gasteiger partial charge in [-0.05, 0) is 6.07 Å². The Bertz CT molecular complexity index is 302. The quantitative estimate of drug-likeness (QED) is 0.750. The van der Waals surface area contributed by atoms with Gasteiger partial charge < -0.3 is 5.32 Å². The zero-order valence-corrected chi connectivity index (χ0v) is 9.24. The topological polar surface area (TPSA) is 24.9 Å². The van der Waals surface area contributed by atoms with Gasteiger partial charge in [0.25, 0.3) is 0 Å². The van der Waals surface area contributed by atoms with Crippen LogP contribution >= 0.6 is 11.6 Å². The molecule has 0 bridgehead atoms. The maximum absolute atomic E-state index is 6.09. The lowest BCUT2D eigenvalue weighted by atomic mass is 9.91. The first-order valence-electron chi connectivity index (χ1n) is 4.29. The summed E-state index contributed by atoms with van der Waals surface area (Å²) >= 11 is 6.09. The second-order valence-electron chi connectivity index (χ2n) is 4.05. The van der Waals surface area contributed by atoms with Crippen molar-refractivity contribution in [3.8, 4) is 0 Å². The van der Waals surface area contributed by atoms with Crippen molar-refractivity contribution in [1.29, 1.82) is 0 Å². The molecular weight excluding hydrogens is 184 g/mol. The molecule has 3 heteroatoms. The van der Waals surface area contributed by atoms with Crippen molar-refractivity contribution in [2.24, 2.45) is 0 Å². The van der Waals surface area contributed by atoms with Crippen LogP contribution in [0.1, 0.15) is 26.5 Å². The SMILES string of the molecule is CNc1cnc(C(C)(C)C)c(Cl)c1. The third-order valence-electron chi connectivity index (χ3n) is 1.84. The highest BCUT2D eigenvalue weighted by atomic mass is 35.5. The number of rotatable bonds is 1. The Balaban J connectivity index is 3.13. The van der Waals surface area contributed by atoms with E-state index in [-0.39, 0.29) is 5.41 Å². The number of hydrogen-bond acceptors (Lipinski definition) is 2. The van der Waals surface area contributed by atoms with E-state index >= 15 is 0 Å². The monoisotopic (exact) mass is 198 g/mol. The van der Waals surface area contributed by atoms with Crippen LogP contribution in [0.3, 0.4) is 0 Å². The minimum Gasteiger partial charge on any atom is -0.387 e. The number of hydrogen-bond donors (Lipinski definition) is 1. The lowest BCUT2D eigenvalue weighted by Crippen LogP contribution is -2.14. The Labute approximate surface area is 84.3 Å². The molecule has 1 rings (SSSR count). The van der Waals surface area contributed by atoms with Gasteiger partial charge >= 0.3 is 0 Å². The molecular formula is C10H15ClN2. The van der Waals surface area contributed by atoms with E-state index in [2.05, 4.69) is 31.1 Å². The summed E-state index contributed by atoms with van der Waals surface area (Å²) in [6.07, 6.45) is 1.80. The van der Waals surface area contributed by atoms with Crippen molar-refractivity contribution in [2.45, 2.75) is 26.2 Å². The number of aromatic nitrogens is 1. The molecule has 0 aliphatic heterocycles. The molecule has 0 atom stereocenters. The normalized spacial score (nSPS) is 11.5. The van der Waals surface area contributed by atoms with Gasteiger partial charge in [-0.1, -0.05) is 32.4 Å². The van der Waals surface area contributed by atoms with Crippen LogP contribution in [0.15, 0.2) is 12.3 Å². The molecule has 0 saturated carbocycles. The molecule has 72 valence electrons. The Hall–Kier alpha value is -0.760. The molecule has 1 N–H and O–H groups in total. The number of nitrogens with one attached hydrogen (secondary N) is 1. The van der Waals surface area contributed by atoms with Gasteiger partial charge in [0.15, 0.2) is 0 Å². The molecule has 1 aromatic rings. The van der Waals surface area contributed by atoms with E-state index in [0.29, 0.717) is 0 Å². The Morgan fingerprint density at radius 2 is 2.00 bits per heavy atom. The largest absolute Gasteiger partial charge is 0.387 e. The minimum atomic E-state index is 0.00333. The van der Waals surface area contributed by atoms with Gasteiger partial charge in [0.1, 0.15) is 0 Å². The van der Waals surface area contributed by atoms with E-state index in [4.69, 9.17) is 11.6 Å². The van der Waals surface area contributed by atoms with Crippen LogP contribution in [0.2, 0.25) is 5.02 Å². The van der Waals surface area contributed by atoms with Crippen LogP contribution in [-0.2, 0) is 5.41 Å². The maximum atomic E-state index is 6.09. The molecule has 0 unspecified atom stereocenters. The minimum absolute atomic E-state index is 0.00333. The lowest BCUT2D eigenvalue weighted by molar-refractivity contribution is 0.569. The molecule has 0 fully saturated rings. The van der Waals surface area contributed by atoms with Crippen LogP contribution in [0.4, 0.5) is 5.69 Å². The van der Waals surface area contributed by atoms with Crippen molar-refractivity contribution in [3.05, 3.63) is 23.0 Å². The average molecular weight is 199 g/mol. The van der Waals surface area contributed by atoms with Gasteiger partial charge in [-0.3, -0.25) is 4.98 Å². The van der Waals surface area contributed by atoms with Crippen molar-refractivity contribution in [2.75, 3.05) is 12.4 Å². The summed E-state index contributed by atoms with van der Waals surface area (Å²) in [5.74, 6) is 0. The molecule has 0 aliphatic carbocycles. The lowest BCUT2D eigenvalue weighted by Gasteiger charge is -2.19. The second kappa shape index (κ2) is 3.54. The summed E-state index contributed by atoms with van der Waals surface area (Å²) in [6.45, 7) is 6.29. The predicted molar refractivity (Wildman–Crippen MR) is 57.5 cm³/mol. The van der Waals surface area contributed by atoms with Gasteiger partial charge in [0, 0.05) is 12.5 Å². The van der Waals surface area contributed by atoms with E-state index < -0.39 is 0 Å². The smallest absolute Gasteiger partial charge is 0.0647 e. The fourth-order valence-electron chi connectivity index (χ4n) is 1.13. The summed E-state index contributed by atoms with van der Waals surface area (Å²) in [7, 11) is 1.85. The van der Waals surface area contributed by atoms with E-state index in [1.54, 1.807) is 6.20 Å². The highest BCUT2D eigenvalue weighted by molar-refractivity contribution is 6.31. The summed E-state index contributed by atoms with van der Waals surface area (Å²) in [5.41, 5.74) is 1.88. The molecule has 0 amide bonds.